The number of carbonyl (C=O) groups excluding carboxylic acids is 1. The molecule has 5 nitrogen and oxygen atoms in total. The molecule has 0 bridgehead atoms. The van der Waals surface area contributed by atoms with Crippen LogP contribution in [0.15, 0.2) is 10.6 Å². The van der Waals surface area contributed by atoms with E-state index in [9.17, 15) is 4.79 Å². The quantitative estimate of drug-likeness (QED) is 0.767. The summed E-state index contributed by atoms with van der Waals surface area (Å²) in [7, 11) is 0. The monoisotopic (exact) mass is 281 g/mol. The molecule has 5 heteroatoms. The van der Waals surface area contributed by atoms with E-state index in [1.54, 1.807) is 0 Å². The molecular weight excluding hydrogens is 254 g/mol. The molecule has 3 N–H and O–H groups in total. The van der Waals surface area contributed by atoms with Gasteiger partial charge in [0.15, 0.2) is 5.76 Å². The summed E-state index contributed by atoms with van der Waals surface area (Å²) in [6, 6.07) is 1.46. The van der Waals surface area contributed by atoms with Crippen molar-refractivity contribution in [1.82, 2.24) is 10.5 Å². The van der Waals surface area contributed by atoms with Crippen LogP contribution in [0.5, 0.6) is 0 Å². The second kappa shape index (κ2) is 8.04. The van der Waals surface area contributed by atoms with Crippen LogP contribution in [0.2, 0.25) is 0 Å². The highest BCUT2D eigenvalue weighted by Gasteiger charge is 2.16. The highest BCUT2D eigenvalue weighted by atomic mass is 16.5. The topological polar surface area (TPSA) is 81.2 Å². The van der Waals surface area contributed by atoms with Gasteiger partial charge < -0.3 is 15.6 Å². The van der Waals surface area contributed by atoms with Gasteiger partial charge in [0.25, 0.3) is 0 Å². The molecule has 0 saturated heterocycles. The smallest absolute Gasteiger partial charge is 0.237 e. The Morgan fingerprint density at radius 1 is 1.40 bits per heavy atom. The average molecular weight is 281 g/mol. The molecule has 0 aliphatic carbocycles. The van der Waals surface area contributed by atoms with Gasteiger partial charge in [-0.1, -0.05) is 32.9 Å². The maximum absolute atomic E-state index is 11.8. The second-order valence-electron chi connectivity index (χ2n) is 5.69. The molecule has 1 rings (SSSR count). The number of nitrogens with zero attached hydrogens (tertiary/aromatic N) is 1. The highest BCUT2D eigenvalue weighted by Crippen LogP contribution is 2.22. The van der Waals surface area contributed by atoms with Gasteiger partial charge in [0, 0.05) is 12.0 Å². The first-order valence-electron chi connectivity index (χ1n) is 7.46. The number of rotatable bonds is 8. The third-order valence-corrected chi connectivity index (χ3v) is 3.48. The second-order valence-corrected chi connectivity index (χ2v) is 5.69. The standard InChI is InChI=1S/C15H27N3O2/c1-5-11(6-2)14-8-12(20-18-14)9-17-15(19)13(16)7-10(3)4/h8,10-11,13H,5-7,9,16H2,1-4H3,(H,17,19)/t13-/m0/s1. The molecule has 1 atom stereocenters. The lowest BCUT2D eigenvalue weighted by atomic mass is 9.99. The Morgan fingerprint density at radius 2 is 2.05 bits per heavy atom. The Morgan fingerprint density at radius 3 is 2.60 bits per heavy atom. The van der Waals surface area contributed by atoms with Crippen molar-refractivity contribution in [1.29, 1.82) is 0 Å². The van der Waals surface area contributed by atoms with Gasteiger partial charge in [0.2, 0.25) is 5.91 Å². The Labute approximate surface area is 121 Å². The fourth-order valence-corrected chi connectivity index (χ4v) is 2.23. The van der Waals surface area contributed by atoms with Crippen LogP contribution in [0, 0.1) is 5.92 Å². The molecule has 20 heavy (non-hydrogen) atoms. The number of nitrogens with two attached hydrogens (primary N) is 1. The van der Waals surface area contributed by atoms with Crippen LogP contribution in [0.1, 0.15) is 64.3 Å². The lowest BCUT2D eigenvalue weighted by Crippen LogP contribution is -2.40. The van der Waals surface area contributed by atoms with Crippen LogP contribution < -0.4 is 11.1 Å². The third-order valence-electron chi connectivity index (χ3n) is 3.48. The first kappa shape index (κ1) is 16.7. The van der Waals surface area contributed by atoms with E-state index in [4.69, 9.17) is 10.3 Å². The summed E-state index contributed by atoms with van der Waals surface area (Å²) >= 11 is 0. The molecule has 114 valence electrons. The Kier molecular flexibility index (Phi) is 6.71. The maximum Gasteiger partial charge on any atom is 0.237 e. The lowest BCUT2D eigenvalue weighted by Gasteiger charge is -2.13. The number of hydrogen-bond acceptors (Lipinski definition) is 4. The lowest BCUT2D eigenvalue weighted by molar-refractivity contribution is -0.122. The van der Waals surface area contributed by atoms with E-state index < -0.39 is 6.04 Å². The van der Waals surface area contributed by atoms with Gasteiger partial charge in [0.1, 0.15) is 0 Å². The predicted molar refractivity (Wildman–Crippen MR) is 79.1 cm³/mol. The van der Waals surface area contributed by atoms with Crippen LogP contribution in [-0.2, 0) is 11.3 Å². The van der Waals surface area contributed by atoms with Crippen molar-refractivity contribution in [3.8, 4) is 0 Å². The third kappa shape index (κ3) is 4.96. The van der Waals surface area contributed by atoms with Crippen LogP contribution in [0.25, 0.3) is 0 Å². The van der Waals surface area contributed by atoms with Crippen molar-refractivity contribution < 1.29 is 9.32 Å². The van der Waals surface area contributed by atoms with Crippen molar-refractivity contribution in [3.05, 3.63) is 17.5 Å². The van der Waals surface area contributed by atoms with Crippen LogP contribution in [0.3, 0.4) is 0 Å². The number of carbonyl (C=O) groups is 1. The highest BCUT2D eigenvalue weighted by molar-refractivity contribution is 5.81. The zero-order valence-electron chi connectivity index (χ0n) is 13.0. The van der Waals surface area contributed by atoms with Crippen LogP contribution in [-0.4, -0.2) is 17.1 Å². The molecule has 0 fully saturated rings. The molecule has 0 saturated carbocycles. The molecule has 0 spiro atoms. The van der Waals surface area contributed by atoms with Crippen molar-refractivity contribution in [2.45, 2.75) is 65.5 Å². The summed E-state index contributed by atoms with van der Waals surface area (Å²) in [5.74, 6) is 1.37. The summed E-state index contributed by atoms with van der Waals surface area (Å²) < 4.78 is 5.25. The van der Waals surface area contributed by atoms with E-state index in [1.807, 2.05) is 19.9 Å². The molecule has 1 aromatic rings. The van der Waals surface area contributed by atoms with Crippen LogP contribution >= 0.6 is 0 Å². The van der Waals surface area contributed by atoms with Gasteiger partial charge in [-0.25, -0.2) is 0 Å². The minimum absolute atomic E-state index is 0.140. The summed E-state index contributed by atoms with van der Waals surface area (Å²) in [6.07, 6.45) is 2.75. The molecule has 1 amide bonds. The largest absolute Gasteiger partial charge is 0.359 e. The number of aromatic nitrogens is 1. The van der Waals surface area contributed by atoms with Crippen LogP contribution in [0.4, 0.5) is 0 Å². The summed E-state index contributed by atoms with van der Waals surface area (Å²) in [5.41, 5.74) is 6.78. The summed E-state index contributed by atoms with van der Waals surface area (Å²) in [5, 5.41) is 6.87. The van der Waals surface area contributed by atoms with Gasteiger partial charge in [-0.05, 0) is 25.2 Å². The van der Waals surface area contributed by atoms with E-state index in [0.29, 0.717) is 30.6 Å². The Bertz CT molecular complexity index is 411. The fraction of sp³-hybridized carbons (Fsp3) is 0.733. The predicted octanol–water partition coefficient (Wildman–Crippen LogP) is 2.57. The average Bonchev–Trinajstić information content (AvgIpc) is 2.85. The van der Waals surface area contributed by atoms with Gasteiger partial charge in [-0.2, -0.15) is 0 Å². The first-order chi connectivity index (χ1) is 9.47. The van der Waals surface area contributed by atoms with Crippen molar-refractivity contribution in [2.75, 3.05) is 0 Å². The zero-order valence-corrected chi connectivity index (χ0v) is 13.0. The van der Waals surface area contributed by atoms with Crippen molar-refractivity contribution in [2.24, 2.45) is 11.7 Å². The van der Waals surface area contributed by atoms with E-state index in [-0.39, 0.29) is 5.91 Å². The molecule has 0 aromatic carbocycles. The first-order valence-corrected chi connectivity index (χ1v) is 7.46. The van der Waals surface area contributed by atoms with Crippen molar-refractivity contribution in [3.63, 3.8) is 0 Å². The van der Waals surface area contributed by atoms with Gasteiger partial charge in [-0.3, -0.25) is 4.79 Å². The summed E-state index contributed by atoms with van der Waals surface area (Å²) in [4.78, 5) is 11.8. The molecule has 0 unspecified atom stereocenters. The number of hydrogen-bond donors (Lipinski definition) is 2. The summed E-state index contributed by atoms with van der Waals surface area (Å²) in [6.45, 7) is 8.71. The Hall–Kier alpha value is -1.36. The fourth-order valence-electron chi connectivity index (χ4n) is 2.23. The maximum atomic E-state index is 11.8. The van der Waals surface area contributed by atoms with Gasteiger partial charge in [0.05, 0.1) is 18.3 Å². The van der Waals surface area contributed by atoms with E-state index in [0.717, 1.165) is 18.5 Å². The molecule has 1 heterocycles. The molecule has 1 aromatic heterocycles. The van der Waals surface area contributed by atoms with Gasteiger partial charge >= 0.3 is 0 Å². The van der Waals surface area contributed by atoms with Crippen molar-refractivity contribution >= 4 is 5.91 Å². The molecule has 0 aliphatic rings. The molecular formula is C15H27N3O2. The van der Waals surface area contributed by atoms with E-state index in [1.165, 1.54) is 0 Å². The normalized spacial score (nSPS) is 12.9. The minimum Gasteiger partial charge on any atom is -0.359 e. The van der Waals surface area contributed by atoms with E-state index >= 15 is 0 Å². The number of nitrogens with one attached hydrogen (secondary N) is 1. The molecule has 0 radical (unpaired) electrons. The minimum atomic E-state index is -0.462. The van der Waals surface area contributed by atoms with Gasteiger partial charge in [-0.15, -0.1) is 0 Å². The van der Waals surface area contributed by atoms with E-state index in [2.05, 4.69) is 24.3 Å². The zero-order chi connectivity index (χ0) is 15.1. The number of amides is 1. The SMILES string of the molecule is CCC(CC)c1cc(CNC(=O)[C@@H](N)CC(C)C)on1. The molecule has 0 aliphatic heterocycles. The Balaban J connectivity index is 2.48.